The molecule has 0 aromatic carbocycles. The second-order valence-electron chi connectivity index (χ2n) is 2.56. The van der Waals surface area contributed by atoms with E-state index < -0.39 is 12.3 Å². The highest BCUT2D eigenvalue weighted by Crippen LogP contribution is 2.21. The molecule has 2 nitrogen and oxygen atoms in total. The van der Waals surface area contributed by atoms with Gasteiger partial charge in [0.05, 0.1) is 6.20 Å². The zero-order chi connectivity index (χ0) is 8.43. The molecule has 1 rings (SSSR count). The first-order valence-electron chi connectivity index (χ1n) is 3.35. The number of hydrogen-bond acceptors (Lipinski definition) is 2. The minimum atomic E-state index is -2.61. The van der Waals surface area contributed by atoms with Gasteiger partial charge in [-0.1, -0.05) is 13.8 Å². The largest absolute Gasteiger partial charge is 0.440 e. The first-order chi connectivity index (χ1) is 5.11. The van der Waals surface area contributed by atoms with Crippen LogP contribution in [0.4, 0.5) is 8.78 Å². The van der Waals surface area contributed by atoms with Crippen LogP contribution in [0.15, 0.2) is 10.6 Å². The van der Waals surface area contributed by atoms with Gasteiger partial charge < -0.3 is 4.42 Å². The van der Waals surface area contributed by atoms with Crippen LogP contribution in [0.25, 0.3) is 0 Å². The number of aromatic nitrogens is 1. The average molecular weight is 161 g/mol. The third kappa shape index (κ3) is 1.76. The maximum Gasteiger partial charge on any atom is 0.313 e. The smallest absolute Gasteiger partial charge is 0.313 e. The van der Waals surface area contributed by atoms with E-state index in [9.17, 15) is 8.78 Å². The molecule has 0 unspecified atom stereocenters. The lowest BCUT2D eigenvalue weighted by Gasteiger charge is -1.96. The number of oxazole rings is 1. The third-order valence-corrected chi connectivity index (χ3v) is 1.30. The van der Waals surface area contributed by atoms with E-state index in [1.165, 1.54) is 6.20 Å². The molecule has 0 N–H and O–H groups in total. The topological polar surface area (TPSA) is 26.0 Å². The summed E-state index contributed by atoms with van der Waals surface area (Å²) in [5, 5.41) is 0. The summed E-state index contributed by atoms with van der Waals surface area (Å²) in [4.78, 5) is 3.42. The molecule has 62 valence electrons. The van der Waals surface area contributed by atoms with Crippen molar-refractivity contribution < 1.29 is 13.2 Å². The van der Waals surface area contributed by atoms with Gasteiger partial charge in [0, 0.05) is 5.92 Å². The highest BCUT2D eigenvalue weighted by Gasteiger charge is 2.15. The van der Waals surface area contributed by atoms with Crippen LogP contribution in [0.2, 0.25) is 0 Å². The molecule has 0 aliphatic heterocycles. The van der Waals surface area contributed by atoms with Crippen LogP contribution in [0.5, 0.6) is 0 Å². The lowest BCUT2D eigenvalue weighted by atomic mass is 10.2. The maximum absolute atomic E-state index is 11.9. The van der Waals surface area contributed by atoms with Crippen molar-refractivity contribution in [3.8, 4) is 0 Å². The SMILES string of the molecule is CC(C)c1cnc(C(F)F)o1. The number of nitrogens with zero attached hydrogens (tertiary/aromatic N) is 1. The van der Waals surface area contributed by atoms with Gasteiger partial charge in [-0.3, -0.25) is 0 Å². The monoisotopic (exact) mass is 161 g/mol. The average Bonchev–Trinajstić information content (AvgIpc) is 2.33. The van der Waals surface area contributed by atoms with E-state index in [-0.39, 0.29) is 5.92 Å². The van der Waals surface area contributed by atoms with Crippen molar-refractivity contribution in [2.45, 2.75) is 26.2 Å². The first kappa shape index (κ1) is 8.17. The Morgan fingerprint density at radius 3 is 2.36 bits per heavy atom. The van der Waals surface area contributed by atoms with E-state index in [1.54, 1.807) is 0 Å². The fourth-order valence-corrected chi connectivity index (χ4v) is 0.669. The summed E-state index contributed by atoms with van der Waals surface area (Å²) in [5.74, 6) is 0.115. The van der Waals surface area contributed by atoms with Crippen LogP contribution in [0.1, 0.15) is 37.8 Å². The Morgan fingerprint density at radius 2 is 2.09 bits per heavy atom. The fourth-order valence-electron chi connectivity index (χ4n) is 0.669. The van der Waals surface area contributed by atoms with Crippen LogP contribution in [-0.2, 0) is 0 Å². The van der Waals surface area contributed by atoms with Crippen molar-refractivity contribution in [1.29, 1.82) is 0 Å². The Balaban J connectivity index is 2.82. The Morgan fingerprint density at radius 1 is 1.45 bits per heavy atom. The molecule has 0 bridgehead atoms. The van der Waals surface area contributed by atoms with Crippen molar-refractivity contribution in [2.24, 2.45) is 0 Å². The van der Waals surface area contributed by atoms with Crippen molar-refractivity contribution in [1.82, 2.24) is 4.98 Å². The van der Waals surface area contributed by atoms with Gasteiger partial charge in [0.1, 0.15) is 5.76 Å². The minimum absolute atomic E-state index is 0.106. The van der Waals surface area contributed by atoms with E-state index in [4.69, 9.17) is 4.42 Å². The molecule has 0 spiro atoms. The van der Waals surface area contributed by atoms with Gasteiger partial charge in [0.25, 0.3) is 5.89 Å². The number of rotatable bonds is 2. The molecule has 1 aromatic heterocycles. The molecule has 0 fully saturated rings. The molecule has 0 saturated carbocycles. The number of hydrogen-bond donors (Lipinski definition) is 0. The summed E-state index contributed by atoms with van der Waals surface area (Å²) < 4.78 is 28.5. The summed E-state index contributed by atoms with van der Waals surface area (Å²) in [5.41, 5.74) is 0. The zero-order valence-electron chi connectivity index (χ0n) is 6.34. The van der Waals surface area contributed by atoms with E-state index >= 15 is 0 Å². The molecular weight excluding hydrogens is 152 g/mol. The number of halogens is 2. The van der Waals surface area contributed by atoms with Crippen molar-refractivity contribution >= 4 is 0 Å². The van der Waals surface area contributed by atoms with Crippen LogP contribution in [0.3, 0.4) is 0 Å². The van der Waals surface area contributed by atoms with Crippen molar-refractivity contribution in [3.63, 3.8) is 0 Å². The summed E-state index contributed by atoms with van der Waals surface area (Å²) >= 11 is 0. The highest BCUT2D eigenvalue weighted by molar-refractivity contribution is 4.99. The molecule has 1 aromatic rings. The van der Waals surface area contributed by atoms with Crippen LogP contribution in [-0.4, -0.2) is 4.98 Å². The quantitative estimate of drug-likeness (QED) is 0.666. The molecule has 11 heavy (non-hydrogen) atoms. The van der Waals surface area contributed by atoms with Gasteiger partial charge in [-0.2, -0.15) is 8.78 Å². The zero-order valence-corrected chi connectivity index (χ0v) is 6.34. The van der Waals surface area contributed by atoms with E-state index in [2.05, 4.69) is 4.98 Å². The summed E-state index contributed by atoms with van der Waals surface area (Å²) in [7, 11) is 0. The summed E-state index contributed by atoms with van der Waals surface area (Å²) in [6.07, 6.45) is -1.27. The molecule has 0 atom stereocenters. The van der Waals surface area contributed by atoms with E-state index in [1.807, 2.05) is 13.8 Å². The maximum atomic E-state index is 11.9. The lowest BCUT2D eigenvalue weighted by Crippen LogP contribution is -1.82. The lowest BCUT2D eigenvalue weighted by molar-refractivity contribution is 0.113. The Bertz CT molecular complexity index is 210. The van der Waals surface area contributed by atoms with E-state index in [0.717, 1.165) is 0 Å². The van der Waals surface area contributed by atoms with Crippen LogP contribution in [0, 0.1) is 0 Å². The molecular formula is C7H9F2NO. The predicted octanol–water partition coefficient (Wildman–Crippen LogP) is 2.74. The standard InChI is InChI=1S/C7H9F2NO/c1-4(2)5-3-10-7(11-5)6(8)9/h3-4,6H,1-2H3. The van der Waals surface area contributed by atoms with Crippen LogP contribution >= 0.6 is 0 Å². The van der Waals surface area contributed by atoms with Crippen molar-refractivity contribution in [3.05, 3.63) is 17.8 Å². The molecule has 0 radical (unpaired) electrons. The predicted molar refractivity (Wildman–Crippen MR) is 35.5 cm³/mol. The first-order valence-corrected chi connectivity index (χ1v) is 3.35. The van der Waals surface area contributed by atoms with Gasteiger partial charge in [-0.15, -0.1) is 0 Å². The van der Waals surface area contributed by atoms with Crippen molar-refractivity contribution in [2.75, 3.05) is 0 Å². The molecule has 0 amide bonds. The van der Waals surface area contributed by atoms with Gasteiger partial charge in [-0.25, -0.2) is 4.98 Å². The van der Waals surface area contributed by atoms with Gasteiger partial charge in [0.15, 0.2) is 0 Å². The second-order valence-corrected chi connectivity index (χ2v) is 2.56. The third-order valence-electron chi connectivity index (χ3n) is 1.30. The minimum Gasteiger partial charge on any atom is -0.440 e. The Hall–Kier alpha value is -0.930. The second kappa shape index (κ2) is 2.98. The molecule has 0 saturated heterocycles. The molecule has 4 heteroatoms. The molecule has 0 aliphatic rings. The number of alkyl halides is 2. The summed E-state index contributed by atoms with van der Waals surface area (Å²) in [6, 6.07) is 0. The Labute approximate surface area is 63.2 Å². The van der Waals surface area contributed by atoms with Gasteiger partial charge in [0.2, 0.25) is 0 Å². The van der Waals surface area contributed by atoms with E-state index in [0.29, 0.717) is 5.76 Å². The highest BCUT2D eigenvalue weighted by atomic mass is 19.3. The summed E-state index contributed by atoms with van der Waals surface area (Å²) in [6.45, 7) is 3.71. The van der Waals surface area contributed by atoms with Crippen LogP contribution < -0.4 is 0 Å². The molecule has 1 heterocycles. The van der Waals surface area contributed by atoms with Gasteiger partial charge in [-0.05, 0) is 0 Å². The Kier molecular flexibility index (Phi) is 2.22. The normalized spacial score (nSPS) is 11.5. The molecule has 0 aliphatic carbocycles. The fraction of sp³-hybridized carbons (Fsp3) is 0.571. The van der Waals surface area contributed by atoms with Gasteiger partial charge >= 0.3 is 6.43 Å².